The highest BCUT2D eigenvalue weighted by Gasteiger charge is 2.35. The number of nitrogens with two attached hydrogens (primary N) is 1. The van der Waals surface area contributed by atoms with Crippen LogP contribution in [0.5, 0.6) is 0 Å². The fourth-order valence-electron chi connectivity index (χ4n) is 1.89. The predicted molar refractivity (Wildman–Crippen MR) is 68.0 cm³/mol. The fourth-order valence-corrected chi connectivity index (χ4v) is 3.31. The lowest BCUT2D eigenvalue weighted by Crippen LogP contribution is -2.29. The summed E-state index contributed by atoms with van der Waals surface area (Å²) in [6.07, 6.45) is 2.06. The molecule has 9 heteroatoms. The van der Waals surface area contributed by atoms with Gasteiger partial charge in [0.15, 0.2) is 0 Å². The van der Waals surface area contributed by atoms with Gasteiger partial charge in [0.05, 0.1) is 18.0 Å². The summed E-state index contributed by atoms with van der Waals surface area (Å²) in [6, 6.07) is 1.14. The second-order valence-electron chi connectivity index (χ2n) is 3.88. The number of aromatic nitrogens is 2. The van der Waals surface area contributed by atoms with Gasteiger partial charge in [0.25, 0.3) is 0 Å². The average molecular weight is 268 g/mol. The van der Waals surface area contributed by atoms with Gasteiger partial charge in [0.1, 0.15) is 5.82 Å². The fraction of sp³-hybridized carbons (Fsp3) is 0.556. The SMILES string of the molecule is [N-]=[N+]=NC1C[C@H](CO)S[C@@H]1n1ccc(N)nc1=O. The summed E-state index contributed by atoms with van der Waals surface area (Å²) in [5.74, 6) is 0.151. The Labute approximate surface area is 106 Å². The first-order valence-corrected chi connectivity index (χ1v) is 6.25. The standard InChI is InChI=1S/C9H12N6O2S/c10-7-1-2-15(9(17)12-7)8-6(13-14-11)3-5(4-16)18-8/h1-2,5-6,8,16H,3-4H2,(H2,10,12,17)/t5-,6?,8+/m1/s1. The molecule has 0 amide bonds. The van der Waals surface area contributed by atoms with E-state index >= 15 is 0 Å². The molecule has 18 heavy (non-hydrogen) atoms. The Kier molecular flexibility index (Phi) is 3.75. The second-order valence-corrected chi connectivity index (χ2v) is 5.30. The van der Waals surface area contributed by atoms with E-state index in [1.165, 1.54) is 28.6 Å². The molecule has 1 aliphatic rings. The van der Waals surface area contributed by atoms with E-state index in [0.29, 0.717) is 6.42 Å². The number of anilines is 1. The maximum Gasteiger partial charge on any atom is 0.350 e. The van der Waals surface area contributed by atoms with Crippen molar-refractivity contribution in [2.75, 3.05) is 12.3 Å². The van der Waals surface area contributed by atoms with Crippen molar-refractivity contribution in [2.45, 2.75) is 23.1 Å². The third-order valence-electron chi connectivity index (χ3n) is 2.69. The topological polar surface area (TPSA) is 130 Å². The quantitative estimate of drug-likeness (QED) is 0.468. The van der Waals surface area contributed by atoms with Crippen molar-refractivity contribution in [2.24, 2.45) is 5.11 Å². The van der Waals surface area contributed by atoms with E-state index in [4.69, 9.17) is 16.4 Å². The molecule has 0 spiro atoms. The van der Waals surface area contributed by atoms with E-state index in [2.05, 4.69) is 15.0 Å². The lowest BCUT2D eigenvalue weighted by atomic mass is 10.2. The first-order valence-electron chi connectivity index (χ1n) is 5.31. The van der Waals surface area contributed by atoms with Crippen LogP contribution in [-0.4, -0.2) is 32.6 Å². The van der Waals surface area contributed by atoms with Crippen LogP contribution < -0.4 is 11.4 Å². The molecule has 1 aromatic rings. The van der Waals surface area contributed by atoms with Crippen molar-refractivity contribution < 1.29 is 5.11 Å². The number of nitrogens with zero attached hydrogens (tertiary/aromatic N) is 5. The Morgan fingerprint density at radius 3 is 3.17 bits per heavy atom. The summed E-state index contributed by atoms with van der Waals surface area (Å²) in [4.78, 5) is 18.2. The van der Waals surface area contributed by atoms with Crippen molar-refractivity contribution in [3.8, 4) is 0 Å². The number of hydrogen-bond donors (Lipinski definition) is 2. The van der Waals surface area contributed by atoms with Crippen LogP contribution in [0.2, 0.25) is 0 Å². The number of nitrogen functional groups attached to an aromatic ring is 1. The molecular formula is C9H12N6O2S. The van der Waals surface area contributed by atoms with E-state index in [9.17, 15) is 4.79 Å². The molecule has 3 atom stereocenters. The van der Waals surface area contributed by atoms with Gasteiger partial charge in [0, 0.05) is 16.4 Å². The molecule has 2 heterocycles. The van der Waals surface area contributed by atoms with Gasteiger partial charge >= 0.3 is 5.69 Å². The highest BCUT2D eigenvalue weighted by Crippen LogP contribution is 2.42. The van der Waals surface area contributed by atoms with E-state index in [1.807, 2.05) is 0 Å². The van der Waals surface area contributed by atoms with E-state index in [1.54, 1.807) is 0 Å². The summed E-state index contributed by atoms with van der Waals surface area (Å²) in [7, 11) is 0. The Morgan fingerprint density at radius 1 is 1.78 bits per heavy atom. The normalized spacial score (nSPS) is 26.8. The molecule has 0 saturated carbocycles. The number of azide groups is 1. The molecule has 3 N–H and O–H groups in total. The molecule has 0 aliphatic carbocycles. The predicted octanol–water partition coefficient (Wildman–Crippen LogP) is 0.501. The summed E-state index contributed by atoms with van der Waals surface area (Å²) in [6.45, 7) is -0.0181. The van der Waals surface area contributed by atoms with Crippen molar-refractivity contribution in [1.29, 1.82) is 0 Å². The zero-order valence-electron chi connectivity index (χ0n) is 9.38. The van der Waals surface area contributed by atoms with Crippen molar-refractivity contribution in [3.05, 3.63) is 33.2 Å². The number of aliphatic hydroxyl groups is 1. The minimum atomic E-state index is -0.482. The van der Waals surface area contributed by atoms with Gasteiger partial charge in [0.2, 0.25) is 0 Å². The van der Waals surface area contributed by atoms with Gasteiger partial charge in [-0.25, -0.2) is 4.79 Å². The molecule has 8 nitrogen and oxygen atoms in total. The Hall–Kier alpha value is -1.70. The Bertz CT molecular complexity index is 540. The van der Waals surface area contributed by atoms with Gasteiger partial charge in [-0.15, -0.1) is 11.8 Å². The molecule has 1 aliphatic heterocycles. The van der Waals surface area contributed by atoms with Crippen LogP contribution in [0.1, 0.15) is 11.8 Å². The third-order valence-corrected chi connectivity index (χ3v) is 4.24. The number of aliphatic hydroxyl groups excluding tert-OH is 1. The number of rotatable bonds is 3. The van der Waals surface area contributed by atoms with Crippen LogP contribution in [0, 0.1) is 0 Å². The molecule has 1 aromatic heterocycles. The molecule has 1 fully saturated rings. The van der Waals surface area contributed by atoms with Gasteiger partial charge in [-0.1, -0.05) is 5.11 Å². The molecule has 96 valence electrons. The zero-order chi connectivity index (χ0) is 13.1. The van der Waals surface area contributed by atoms with Crippen LogP contribution in [0.25, 0.3) is 10.4 Å². The summed E-state index contributed by atoms with van der Waals surface area (Å²) < 4.78 is 1.38. The van der Waals surface area contributed by atoms with Gasteiger partial charge in [-0.05, 0) is 18.0 Å². The van der Waals surface area contributed by atoms with Crippen LogP contribution in [0.15, 0.2) is 22.2 Å². The van der Waals surface area contributed by atoms with Crippen molar-refractivity contribution in [3.63, 3.8) is 0 Å². The van der Waals surface area contributed by atoms with Gasteiger partial charge in [-0.2, -0.15) is 4.98 Å². The Morgan fingerprint density at radius 2 is 2.56 bits per heavy atom. The molecule has 0 bridgehead atoms. The molecule has 1 saturated heterocycles. The highest BCUT2D eigenvalue weighted by atomic mass is 32.2. The van der Waals surface area contributed by atoms with E-state index < -0.39 is 5.69 Å². The van der Waals surface area contributed by atoms with Gasteiger partial charge in [-0.3, -0.25) is 4.57 Å². The molecule has 2 rings (SSSR count). The third kappa shape index (κ3) is 2.42. The van der Waals surface area contributed by atoms with Crippen molar-refractivity contribution >= 4 is 17.6 Å². The molecule has 0 aromatic carbocycles. The minimum absolute atomic E-state index is 0.0181. The minimum Gasteiger partial charge on any atom is -0.395 e. The monoisotopic (exact) mass is 268 g/mol. The van der Waals surface area contributed by atoms with E-state index in [0.717, 1.165) is 0 Å². The van der Waals surface area contributed by atoms with Gasteiger partial charge < -0.3 is 10.8 Å². The number of hydrogen-bond acceptors (Lipinski definition) is 6. The van der Waals surface area contributed by atoms with Crippen LogP contribution in [-0.2, 0) is 0 Å². The summed E-state index contributed by atoms with van der Waals surface area (Å²) in [5.41, 5.74) is 13.5. The maximum atomic E-state index is 11.7. The smallest absolute Gasteiger partial charge is 0.350 e. The number of thioether (sulfide) groups is 1. The lowest BCUT2D eigenvalue weighted by molar-refractivity contribution is 0.289. The van der Waals surface area contributed by atoms with E-state index in [-0.39, 0.29) is 29.1 Å². The molecular weight excluding hydrogens is 256 g/mol. The molecule has 1 unspecified atom stereocenters. The van der Waals surface area contributed by atoms with Crippen LogP contribution in [0.4, 0.5) is 5.82 Å². The first-order chi connectivity index (χ1) is 8.65. The highest BCUT2D eigenvalue weighted by molar-refractivity contribution is 8.00. The summed E-state index contributed by atoms with van der Waals surface area (Å²) >= 11 is 1.40. The largest absolute Gasteiger partial charge is 0.395 e. The van der Waals surface area contributed by atoms with Crippen molar-refractivity contribution in [1.82, 2.24) is 9.55 Å². The summed E-state index contributed by atoms with van der Waals surface area (Å²) in [5, 5.41) is 12.4. The van der Waals surface area contributed by atoms with Crippen LogP contribution in [0.3, 0.4) is 0 Å². The zero-order valence-corrected chi connectivity index (χ0v) is 10.2. The lowest BCUT2D eigenvalue weighted by Gasteiger charge is -2.16. The van der Waals surface area contributed by atoms with Crippen LogP contribution >= 0.6 is 11.8 Å². The average Bonchev–Trinajstić information content (AvgIpc) is 2.73. The first kappa shape index (κ1) is 12.7. The maximum absolute atomic E-state index is 11.7. The second kappa shape index (κ2) is 5.30. The Balaban J connectivity index is 2.35. The molecule has 0 radical (unpaired) electrons.